The summed E-state index contributed by atoms with van der Waals surface area (Å²) in [6.07, 6.45) is 0.510. The third kappa shape index (κ3) is 6.69. The summed E-state index contributed by atoms with van der Waals surface area (Å²) in [7, 11) is 1.40. The third-order valence-corrected chi connectivity index (χ3v) is 8.67. The Bertz CT molecular complexity index is 1190. The van der Waals surface area contributed by atoms with E-state index >= 15 is 0 Å². The lowest BCUT2D eigenvalue weighted by Gasteiger charge is -2.43. The Labute approximate surface area is 238 Å². The minimum absolute atomic E-state index is 0.0230. The van der Waals surface area contributed by atoms with Gasteiger partial charge in [0, 0.05) is 60.8 Å². The molecule has 0 saturated carbocycles. The monoisotopic (exact) mass is 605 g/mol. The summed E-state index contributed by atoms with van der Waals surface area (Å²) < 4.78 is 34.7. The summed E-state index contributed by atoms with van der Waals surface area (Å²) in [5, 5.41) is 0. The summed E-state index contributed by atoms with van der Waals surface area (Å²) in [5.41, 5.74) is 1.21. The van der Waals surface area contributed by atoms with Gasteiger partial charge in [-0.1, -0.05) is 34.1 Å². The third-order valence-electron chi connectivity index (χ3n) is 8.15. The van der Waals surface area contributed by atoms with Gasteiger partial charge in [-0.05, 0) is 63.4 Å². The number of esters is 1. The SMILES string of the molecule is COC(=O)[C@H](Cc1ccc(Br)cc1)N1CCN(C(=O)[C@@H]2CN(C(C)(C)C)CC2c2ccc(F)cc2F)[C@@H](C)C1. The van der Waals surface area contributed by atoms with Crippen molar-refractivity contribution in [1.82, 2.24) is 14.7 Å². The van der Waals surface area contributed by atoms with Crippen LogP contribution >= 0.6 is 15.9 Å². The molecule has 6 nitrogen and oxygen atoms in total. The molecule has 2 aliphatic rings. The van der Waals surface area contributed by atoms with Crippen LogP contribution in [0.25, 0.3) is 0 Å². The highest BCUT2D eigenvalue weighted by Gasteiger charge is 2.46. The van der Waals surface area contributed by atoms with E-state index in [1.165, 1.54) is 19.2 Å². The Morgan fingerprint density at radius 2 is 1.74 bits per heavy atom. The molecule has 0 radical (unpaired) electrons. The number of ether oxygens (including phenoxy) is 1. The standard InChI is InChI=1S/C30H38BrF2N3O3/c1-19-16-34(27(29(38)39-5)14-20-6-8-21(31)9-7-20)12-13-36(19)28(37)25-18-35(30(2,3)4)17-24(25)23-11-10-22(32)15-26(23)33/h6-11,15,19,24-25,27H,12-14,16-18H2,1-5H3/t19-,24?,25+,27-/m0/s1. The van der Waals surface area contributed by atoms with Gasteiger partial charge in [0.1, 0.15) is 17.7 Å². The van der Waals surface area contributed by atoms with E-state index in [0.717, 1.165) is 16.1 Å². The number of carbonyl (C=O) groups excluding carboxylic acids is 2. The van der Waals surface area contributed by atoms with Crippen LogP contribution in [0.1, 0.15) is 44.7 Å². The topological polar surface area (TPSA) is 53.1 Å². The molecule has 2 heterocycles. The second-order valence-corrected chi connectivity index (χ2v) is 12.6. The number of halogens is 3. The molecule has 39 heavy (non-hydrogen) atoms. The van der Waals surface area contributed by atoms with Crippen molar-refractivity contribution < 1.29 is 23.1 Å². The molecule has 0 bridgehead atoms. The van der Waals surface area contributed by atoms with Gasteiger partial charge >= 0.3 is 5.97 Å². The molecule has 2 saturated heterocycles. The summed E-state index contributed by atoms with van der Waals surface area (Å²) in [6.45, 7) is 10.8. The van der Waals surface area contributed by atoms with Gasteiger partial charge < -0.3 is 9.64 Å². The molecular weight excluding hydrogens is 568 g/mol. The van der Waals surface area contributed by atoms with Crippen LogP contribution in [0.3, 0.4) is 0 Å². The van der Waals surface area contributed by atoms with Crippen LogP contribution in [0, 0.1) is 17.6 Å². The van der Waals surface area contributed by atoms with Crippen molar-refractivity contribution in [3.8, 4) is 0 Å². The van der Waals surface area contributed by atoms with Gasteiger partial charge in [0.15, 0.2) is 0 Å². The summed E-state index contributed by atoms with van der Waals surface area (Å²) in [5.74, 6) is -2.38. The van der Waals surface area contributed by atoms with Gasteiger partial charge in [-0.3, -0.25) is 19.4 Å². The van der Waals surface area contributed by atoms with Crippen molar-refractivity contribution in [3.05, 3.63) is 69.7 Å². The summed E-state index contributed by atoms with van der Waals surface area (Å²) in [6, 6.07) is 10.9. The molecule has 1 amide bonds. The Morgan fingerprint density at radius 3 is 2.33 bits per heavy atom. The molecule has 2 aromatic carbocycles. The lowest BCUT2D eigenvalue weighted by atomic mass is 9.87. The predicted octanol–water partition coefficient (Wildman–Crippen LogP) is 4.86. The molecule has 0 spiro atoms. The van der Waals surface area contributed by atoms with Crippen LogP contribution in [0.5, 0.6) is 0 Å². The van der Waals surface area contributed by atoms with Crippen LogP contribution in [0.15, 0.2) is 46.9 Å². The number of rotatable bonds is 6. The second kappa shape index (κ2) is 12.0. The van der Waals surface area contributed by atoms with Crippen molar-refractivity contribution in [3.63, 3.8) is 0 Å². The van der Waals surface area contributed by atoms with Crippen molar-refractivity contribution in [2.45, 2.75) is 57.7 Å². The van der Waals surface area contributed by atoms with Crippen molar-refractivity contribution in [1.29, 1.82) is 0 Å². The Kier molecular flexibility index (Phi) is 9.13. The number of amides is 1. The molecule has 212 valence electrons. The van der Waals surface area contributed by atoms with Gasteiger partial charge in [-0.2, -0.15) is 0 Å². The second-order valence-electron chi connectivity index (χ2n) is 11.7. The van der Waals surface area contributed by atoms with Gasteiger partial charge in [0.25, 0.3) is 0 Å². The number of methoxy groups -OCH3 is 1. The molecule has 4 atom stereocenters. The van der Waals surface area contributed by atoms with E-state index < -0.39 is 23.6 Å². The van der Waals surface area contributed by atoms with E-state index in [0.29, 0.717) is 44.7 Å². The van der Waals surface area contributed by atoms with Crippen LogP contribution in [0.2, 0.25) is 0 Å². The van der Waals surface area contributed by atoms with Gasteiger partial charge in [0.05, 0.1) is 13.0 Å². The average Bonchev–Trinajstić information content (AvgIpc) is 3.33. The van der Waals surface area contributed by atoms with E-state index in [2.05, 4.69) is 46.5 Å². The predicted molar refractivity (Wildman–Crippen MR) is 150 cm³/mol. The van der Waals surface area contributed by atoms with Crippen molar-refractivity contribution in [2.75, 3.05) is 39.8 Å². The van der Waals surface area contributed by atoms with Crippen LogP contribution in [-0.2, 0) is 20.7 Å². The lowest BCUT2D eigenvalue weighted by molar-refractivity contribution is -0.150. The minimum atomic E-state index is -0.627. The number of carbonyl (C=O) groups is 2. The first kappa shape index (κ1) is 29.6. The highest BCUT2D eigenvalue weighted by molar-refractivity contribution is 9.10. The molecule has 9 heteroatoms. The summed E-state index contributed by atoms with van der Waals surface area (Å²) >= 11 is 3.45. The molecule has 0 aromatic heterocycles. The fraction of sp³-hybridized carbons (Fsp3) is 0.533. The molecule has 0 aliphatic carbocycles. The van der Waals surface area contributed by atoms with E-state index in [9.17, 15) is 18.4 Å². The number of hydrogen-bond acceptors (Lipinski definition) is 5. The number of nitrogens with zero attached hydrogens (tertiary/aromatic N) is 3. The Morgan fingerprint density at radius 1 is 1.05 bits per heavy atom. The zero-order chi connectivity index (χ0) is 28.5. The molecule has 4 rings (SSSR count). The molecule has 2 aliphatic heterocycles. The first-order chi connectivity index (χ1) is 18.4. The van der Waals surface area contributed by atoms with Crippen LogP contribution in [0.4, 0.5) is 8.78 Å². The van der Waals surface area contributed by atoms with Crippen LogP contribution in [-0.4, -0.2) is 84.0 Å². The first-order valence-corrected chi connectivity index (χ1v) is 14.2. The number of hydrogen-bond donors (Lipinski definition) is 0. The number of likely N-dealkylation sites (tertiary alicyclic amines) is 1. The highest BCUT2D eigenvalue weighted by atomic mass is 79.9. The van der Waals surface area contributed by atoms with Gasteiger partial charge in [0.2, 0.25) is 5.91 Å². The maximum Gasteiger partial charge on any atom is 0.323 e. The van der Waals surface area contributed by atoms with E-state index in [1.807, 2.05) is 36.1 Å². The zero-order valence-corrected chi connectivity index (χ0v) is 24.9. The maximum absolute atomic E-state index is 14.9. The average molecular weight is 607 g/mol. The first-order valence-electron chi connectivity index (χ1n) is 13.5. The summed E-state index contributed by atoms with van der Waals surface area (Å²) in [4.78, 5) is 33.0. The minimum Gasteiger partial charge on any atom is -0.468 e. The number of benzene rings is 2. The van der Waals surface area contributed by atoms with Crippen molar-refractivity contribution >= 4 is 27.8 Å². The molecule has 0 N–H and O–H groups in total. The quantitative estimate of drug-likeness (QED) is 0.440. The van der Waals surface area contributed by atoms with E-state index in [4.69, 9.17) is 4.74 Å². The molecule has 1 unspecified atom stereocenters. The lowest BCUT2D eigenvalue weighted by Crippen LogP contribution is -2.59. The van der Waals surface area contributed by atoms with E-state index in [1.54, 1.807) is 0 Å². The van der Waals surface area contributed by atoms with Gasteiger partial charge in [-0.25, -0.2) is 8.78 Å². The fourth-order valence-corrected chi connectivity index (χ4v) is 6.13. The Hall–Kier alpha value is -2.36. The van der Waals surface area contributed by atoms with Crippen molar-refractivity contribution in [2.24, 2.45) is 5.92 Å². The highest BCUT2D eigenvalue weighted by Crippen LogP contribution is 2.39. The molecule has 2 fully saturated rings. The zero-order valence-electron chi connectivity index (χ0n) is 23.3. The fourth-order valence-electron chi connectivity index (χ4n) is 5.87. The largest absolute Gasteiger partial charge is 0.468 e. The normalized spacial score (nSPS) is 23.6. The maximum atomic E-state index is 14.9. The molecule has 2 aromatic rings. The smallest absolute Gasteiger partial charge is 0.323 e. The molecular formula is C30H38BrF2N3O3. The Balaban J connectivity index is 1.52. The van der Waals surface area contributed by atoms with Crippen LogP contribution < -0.4 is 0 Å². The van der Waals surface area contributed by atoms with E-state index in [-0.39, 0.29) is 29.4 Å². The number of piperazine rings is 1. The van der Waals surface area contributed by atoms with Gasteiger partial charge in [-0.15, -0.1) is 0 Å².